The maximum atomic E-state index is 12.8. The van der Waals surface area contributed by atoms with Gasteiger partial charge in [0.25, 0.3) is 5.91 Å². The number of aryl methyl sites for hydroxylation is 1. The van der Waals surface area contributed by atoms with Crippen LogP contribution in [0.15, 0.2) is 24.3 Å². The zero-order valence-corrected chi connectivity index (χ0v) is 13.1. The number of nitrogens with one attached hydrogen (secondary N) is 1. The molecule has 6 heteroatoms. The first kappa shape index (κ1) is 15.0. The Balaban J connectivity index is 1.54. The summed E-state index contributed by atoms with van der Waals surface area (Å²) in [5.74, 6) is 0.546. The lowest BCUT2D eigenvalue weighted by molar-refractivity contribution is -0.118. The minimum absolute atomic E-state index is 0.119. The number of aromatic nitrogens is 1. The van der Waals surface area contributed by atoms with Gasteiger partial charge in [-0.1, -0.05) is 6.92 Å². The zero-order valence-electron chi connectivity index (χ0n) is 12.3. The molecule has 0 radical (unpaired) electrons. The van der Waals surface area contributed by atoms with E-state index in [4.69, 9.17) is 4.74 Å². The molecule has 1 atom stereocenters. The lowest BCUT2D eigenvalue weighted by Gasteiger charge is -2.15. The summed E-state index contributed by atoms with van der Waals surface area (Å²) in [6, 6.07) is 5.57. The van der Waals surface area contributed by atoms with Crippen LogP contribution in [0.1, 0.15) is 23.9 Å². The largest absolute Gasteiger partial charge is 0.484 e. The van der Waals surface area contributed by atoms with Gasteiger partial charge in [-0.25, -0.2) is 9.37 Å². The molecule has 1 amide bonds. The van der Waals surface area contributed by atoms with Gasteiger partial charge in [0, 0.05) is 4.88 Å². The number of thiazole rings is 1. The number of anilines is 1. The number of benzene rings is 1. The van der Waals surface area contributed by atoms with Crippen LogP contribution in [0.3, 0.4) is 0 Å². The van der Waals surface area contributed by atoms with Crippen molar-refractivity contribution in [2.75, 3.05) is 11.9 Å². The fourth-order valence-electron chi connectivity index (χ4n) is 2.43. The van der Waals surface area contributed by atoms with Gasteiger partial charge in [-0.2, -0.15) is 0 Å². The SMILES string of the molecule is C[C@@H]1CCc2nc(NC(=O)COc3ccc(F)cc3)sc2C1. The average molecular weight is 320 g/mol. The number of carbonyl (C=O) groups excluding carboxylic acids is 1. The van der Waals surface area contributed by atoms with Crippen molar-refractivity contribution in [3.63, 3.8) is 0 Å². The molecule has 2 aromatic rings. The van der Waals surface area contributed by atoms with E-state index in [0.29, 0.717) is 16.8 Å². The molecule has 4 nitrogen and oxygen atoms in total. The molecular formula is C16H17FN2O2S. The number of ether oxygens (including phenoxy) is 1. The van der Waals surface area contributed by atoms with Crippen molar-refractivity contribution in [2.45, 2.75) is 26.2 Å². The first-order valence-corrected chi connectivity index (χ1v) is 8.08. The highest BCUT2D eigenvalue weighted by atomic mass is 32.1. The monoisotopic (exact) mass is 320 g/mol. The summed E-state index contributed by atoms with van der Waals surface area (Å²) < 4.78 is 18.1. The number of fused-ring (bicyclic) bond motifs is 1. The first-order valence-electron chi connectivity index (χ1n) is 7.27. The normalized spacial score (nSPS) is 16.9. The molecule has 0 bridgehead atoms. The Morgan fingerprint density at radius 2 is 2.23 bits per heavy atom. The van der Waals surface area contributed by atoms with Crippen molar-refractivity contribution in [3.05, 3.63) is 40.7 Å². The van der Waals surface area contributed by atoms with Crippen LogP contribution in [0, 0.1) is 11.7 Å². The second-order valence-corrected chi connectivity index (χ2v) is 6.61. The average Bonchev–Trinajstić information content (AvgIpc) is 2.88. The van der Waals surface area contributed by atoms with Crippen molar-refractivity contribution in [3.8, 4) is 5.75 Å². The third-order valence-corrected chi connectivity index (χ3v) is 4.65. The second kappa shape index (κ2) is 6.44. The number of hydrogen-bond donors (Lipinski definition) is 1. The van der Waals surface area contributed by atoms with Crippen molar-refractivity contribution in [1.29, 1.82) is 0 Å². The van der Waals surface area contributed by atoms with Crippen LogP contribution in [0.4, 0.5) is 9.52 Å². The highest BCUT2D eigenvalue weighted by Gasteiger charge is 2.20. The number of amides is 1. The Morgan fingerprint density at radius 3 is 3.00 bits per heavy atom. The van der Waals surface area contributed by atoms with Crippen LogP contribution < -0.4 is 10.1 Å². The molecule has 1 aromatic carbocycles. The topological polar surface area (TPSA) is 51.2 Å². The zero-order chi connectivity index (χ0) is 15.5. The molecule has 1 aliphatic rings. The number of rotatable bonds is 4. The molecule has 0 saturated heterocycles. The summed E-state index contributed by atoms with van der Waals surface area (Å²) in [6.45, 7) is 2.11. The summed E-state index contributed by atoms with van der Waals surface area (Å²) in [5.41, 5.74) is 1.11. The van der Waals surface area contributed by atoms with Crippen molar-refractivity contribution < 1.29 is 13.9 Å². The predicted molar refractivity (Wildman–Crippen MR) is 83.8 cm³/mol. The van der Waals surface area contributed by atoms with E-state index >= 15 is 0 Å². The van der Waals surface area contributed by atoms with Crippen LogP contribution in [0.2, 0.25) is 0 Å². The Bertz CT molecular complexity index is 669. The van der Waals surface area contributed by atoms with E-state index in [1.165, 1.54) is 29.1 Å². The van der Waals surface area contributed by atoms with E-state index in [2.05, 4.69) is 17.2 Å². The van der Waals surface area contributed by atoms with Gasteiger partial charge >= 0.3 is 0 Å². The lowest BCUT2D eigenvalue weighted by atomic mass is 9.93. The summed E-state index contributed by atoms with van der Waals surface area (Å²) in [4.78, 5) is 17.6. The maximum Gasteiger partial charge on any atom is 0.264 e. The van der Waals surface area contributed by atoms with E-state index in [1.54, 1.807) is 11.3 Å². The van der Waals surface area contributed by atoms with Crippen LogP contribution >= 0.6 is 11.3 Å². The standard InChI is InChI=1S/C16H17FN2O2S/c1-10-2-7-13-14(8-10)22-16(18-13)19-15(20)9-21-12-5-3-11(17)4-6-12/h3-6,10H,2,7-9H2,1H3,(H,18,19,20)/t10-/m1/s1. The fourth-order valence-corrected chi connectivity index (χ4v) is 3.62. The minimum atomic E-state index is -0.334. The molecule has 0 saturated carbocycles. The number of carbonyl (C=O) groups is 1. The Kier molecular flexibility index (Phi) is 4.38. The van der Waals surface area contributed by atoms with Crippen molar-refractivity contribution in [2.24, 2.45) is 5.92 Å². The van der Waals surface area contributed by atoms with Gasteiger partial charge in [-0.15, -0.1) is 11.3 Å². The van der Waals surface area contributed by atoms with Crippen molar-refractivity contribution >= 4 is 22.4 Å². The van der Waals surface area contributed by atoms with Gasteiger partial charge in [-0.05, 0) is 49.4 Å². The van der Waals surface area contributed by atoms with Crippen LogP contribution in [0.25, 0.3) is 0 Å². The number of hydrogen-bond acceptors (Lipinski definition) is 4. The molecule has 0 aliphatic heterocycles. The van der Waals surface area contributed by atoms with Gasteiger partial charge in [0.1, 0.15) is 11.6 Å². The molecule has 3 rings (SSSR count). The van der Waals surface area contributed by atoms with Crippen molar-refractivity contribution in [1.82, 2.24) is 4.98 Å². The van der Waals surface area contributed by atoms with Crippen LogP contribution in [-0.2, 0) is 17.6 Å². The molecule has 1 aliphatic carbocycles. The summed E-state index contributed by atoms with van der Waals surface area (Å²) >= 11 is 1.54. The molecule has 22 heavy (non-hydrogen) atoms. The van der Waals surface area contributed by atoms with E-state index in [9.17, 15) is 9.18 Å². The Morgan fingerprint density at radius 1 is 1.45 bits per heavy atom. The van der Waals surface area contributed by atoms with Gasteiger partial charge in [0.15, 0.2) is 11.7 Å². The first-order chi connectivity index (χ1) is 10.6. The van der Waals surface area contributed by atoms with Gasteiger partial charge in [-0.3, -0.25) is 10.1 Å². The Hall–Kier alpha value is -1.95. The smallest absolute Gasteiger partial charge is 0.264 e. The number of nitrogens with zero attached hydrogens (tertiary/aromatic N) is 1. The molecule has 0 spiro atoms. The highest BCUT2D eigenvalue weighted by Crippen LogP contribution is 2.32. The predicted octanol–water partition coefficient (Wildman–Crippen LogP) is 3.42. The minimum Gasteiger partial charge on any atom is -0.484 e. The molecule has 116 valence electrons. The molecule has 1 N–H and O–H groups in total. The summed E-state index contributed by atoms with van der Waals surface area (Å²) in [7, 11) is 0. The summed E-state index contributed by atoms with van der Waals surface area (Å²) in [5, 5.41) is 3.40. The van der Waals surface area contributed by atoms with E-state index in [1.807, 2.05) is 0 Å². The highest BCUT2D eigenvalue weighted by molar-refractivity contribution is 7.15. The van der Waals surface area contributed by atoms with E-state index < -0.39 is 0 Å². The Labute approximate surface area is 132 Å². The quantitative estimate of drug-likeness (QED) is 0.939. The fraction of sp³-hybridized carbons (Fsp3) is 0.375. The van der Waals surface area contributed by atoms with Gasteiger partial charge in [0.2, 0.25) is 0 Å². The van der Waals surface area contributed by atoms with E-state index in [0.717, 1.165) is 25.0 Å². The lowest BCUT2D eigenvalue weighted by Crippen LogP contribution is -2.20. The number of halogens is 1. The maximum absolute atomic E-state index is 12.8. The molecule has 0 fully saturated rings. The van der Waals surface area contributed by atoms with Gasteiger partial charge in [0.05, 0.1) is 5.69 Å². The third kappa shape index (κ3) is 3.62. The molecule has 1 aromatic heterocycles. The third-order valence-electron chi connectivity index (χ3n) is 3.62. The van der Waals surface area contributed by atoms with E-state index in [-0.39, 0.29) is 18.3 Å². The van der Waals surface area contributed by atoms with Crippen LogP contribution in [0.5, 0.6) is 5.75 Å². The second-order valence-electron chi connectivity index (χ2n) is 5.53. The summed E-state index contributed by atoms with van der Waals surface area (Å²) in [6.07, 6.45) is 3.17. The molecule has 0 unspecified atom stereocenters. The van der Waals surface area contributed by atoms with Gasteiger partial charge < -0.3 is 4.74 Å². The molecular weight excluding hydrogens is 303 g/mol. The molecule has 1 heterocycles. The van der Waals surface area contributed by atoms with Crippen LogP contribution in [-0.4, -0.2) is 17.5 Å².